The number of rotatable bonds is 3. The van der Waals surface area contributed by atoms with E-state index in [1.165, 1.54) is 17.7 Å². The number of pyridine rings is 1. The molecule has 3 rings (SSSR count). The molecule has 5 heteroatoms. The molecule has 1 aliphatic rings. The van der Waals surface area contributed by atoms with Gasteiger partial charge in [-0.1, -0.05) is 29.8 Å². The number of likely N-dealkylation sites (tertiary alicyclic amines) is 1. The van der Waals surface area contributed by atoms with Crippen molar-refractivity contribution in [1.82, 2.24) is 9.88 Å². The zero-order valence-corrected chi connectivity index (χ0v) is 14.5. The fraction of sp³-hybridized carbons (Fsp3) is 0.350. The first kappa shape index (κ1) is 17.1. The number of carboxylic acid groups (broad SMARTS) is 1. The molecule has 1 amide bonds. The van der Waals surface area contributed by atoms with E-state index in [1.54, 1.807) is 6.92 Å². The average Bonchev–Trinajstić information content (AvgIpc) is 2.61. The van der Waals surface area contributed by atoms with E-state index in [2.05, 4.69) is 29.2 Å². The SMILES string of the molecule is Cc1ccc(C2CCCCN2C(=O)c2ccc(C(=O)O)c(C)n2)cc1. The number of benzene rings is 1. The van der Waals surface area contributed by atoms with E-state index < -0.39 is 5.97 Å². The van der Waals surface area contributed by atoms with Gasteiger partial charge in [-0.3, -0.25) is 4.79 Å². The van der Waals surface area contributed by atoms with Gasteiger partial charge in [-0.05, 0) is 50.8 Å². The Morgan fingerprint density at radius 2 is 1.80 bits per heavy atom. The summed E-state index contributed by atoms with van der Waals surface area (Å²) >= 11 is 0. The third-order valence-electron chi connectivity index (χ3n) is 4.76. The van der Waals surface area contributed by atoms with Gasteiger partial charge in [-0.2, -0.15) is 0 Å². The standard InChI is InChI=1S/C20H22N2O3/c1-13-6-8-15(9-7-13)18-5-3-4-12-22(18)19(23)17-11-10-16(20(24)25)14(2)21-17/h6-11,18H,3-5,12H2,1-2H3,(H,24,25). The van der Waals surface area contributed by atoms with Gasteiger partial charge in [0, 0.05) is 6.54 Å². The molecular weight excluding hydrogens is 316 g/mol. The van der Waals surface area contributed by atoms with Crippen molar-refractivity contribution in [2.75, 3.05) is 6.54 Å². The highest BCUT2D eigenvalue weighted by Crippen LogP contribution is 2.32. The van der Waals surface area contributed by atoms with Crippen LogP contribution in [0, 0.1) is 13.8 Å². The number of carbonyl (C=O) groups excluding carboxylic acids is 1. The molecule has 1 unspecified atom stereocenters. The van der Waals surface area contributed by atoms with Crippen LogP contribution in [0.25, 0.3) is 0 Å². The van der Waals surface area contributed by atoms with Gasteiger partial charge < -0.3 is 10.0 Å². The molecule has 1 aliphatic heterocycles. The summed E-state index contributed by atoms with van der Waals surface area (Å²) in [6.07, 6.45) is 2.99. The Hall–Kier alpha value is -2.69. The lowest BCUT2D eigenvalue weighted by Gasteiger charge is -2.36. The smallest absolute Gasteiger partial charge is 0.337 e. The highest BCUT2D eigenvalue weighted by atomic mass is 16.4. The molecule has 25 heavy (non-hydrogen) atoms. The first-order valence-electron chi connectivity index (χ1n) is 8.56. The molecule has 2 heterocycles. The summed E-state index contributed by atoms with van der Waals surface area (Å²) in [5.41, 5.74) is 3.13. The summed E-state index contributed by atoms with van der Waals surface area (Å²) in [6, 6.07) is 11.3. The minimum absolute atomic E-state index is 0.0445. The second-order valence-electron chi connectivity index (χ2n) is 6.56. The van der Waals surface area contributed by atoms with E-state index in [1.807, 2.05) is 11.8 Å². The van der Waals surface area contributed by atoms with Crippen LogP contribution in [0.3, 0.4) is 0 Å². The van der Waals surface area contributed by atoms with E-state index in [0.29, 0.717) is 17.9 Å². The summed E-state index contributed by atoms with van der Waals surface area (Å²) in [5.74, 6) is -1.16. The normalized spacial score (nSPS) is 17.4. The van der Waals surface area contributed by atoms with Crippen LogP contribution in [0.4, 0.5) is 0 Å². The summed E-state index contributed by atoms with van der Waals surface area (Å²) in [5, 5.41) is 9.12. The predicted octanol–water partition coefficient (Wildman–Crippen LogP) is 3.76. The molecule has 1 atom stereocenters. The van der Waals surface area contributed by atoms with Crippen LogP contribution in [-0.2, 0) is 0 Å². The third-order valence-corrected chi connectivity index (χ3v) is 4.76. The molecule has 0 aliphatic carbocycles. The fourth-order valence-corrected chi connectivity index (χ4v) is 3.36. The molecule has 1 saturated heterocycles. The molecule has 1 aromatic carbocycles. The van der Waals surface area contributed by atoms with Crippen molar-refractivity contribution in [1.29, 1.82) is 0 Å². The number of hydrogen-bond acceptors (Lipinski definition) is 3. The Labute approximate surface area is 147 Å². The lowest BCUT2D eigenvalue weighted by Crippen LogP contribution is -2.39. The van der Waals surface area contributed by atoms with Crippen LogP contribution in [-0.4, -0.2) is 33.4 Å². The molecule has 2 aromatic rings. The van der Waals surface area contributed by atoms with Crippen molar-refractivity contribution in [2.24, 2.45) is 0 Å². The van der Waals surface area contributed by atoms with Gasteiger partial charge in [0.05, 0.1) is 17.3 Å². The fourth-order valence-electron chi connectivity index (χ4n) is 3.36. The van der Waals surface area contributed by atoms with Crippen molar-refractivity contribution in [3.63, 3.8) is 0 Å². The zero-order valence-electron chi connectivity index (χ0n) is 14.5. The second-order valence-corrected chi connectivity index (χ2v) is 6.56. The summed E-state index contributed by atoms with van der Waals surface area (Å²) in [4.78, 5) is 30.2. The molecule has 1 aromatic heterocycles. The van der Waals surface area contributed by atoms with Crippen molar-refractivity contribution < 1.29 is 14.7 Å². The number of aromatic carboxylic acids is 1. The lowest BCUT2D eigenvalue weighted by atomic mass is 9.94. The van der Waals surface area contributed by atoms with Gasteiger partial charge in [-0.15, -0.1) is 0 Å². The predicted molar refractivity (Wildman–Crippen MR) is 94.7 cm³/mol. The number of piperidine rings is 1. The molecule has 0 radical (unpaired) electrons. The van der Waals surface area contributed by atoms with Gasteiger partial charge in [0.2, 0.25) is 0 Å². The van der Waals surface area contributed by atoms with E-state index in [0.717, 1.165) is 24.8 Å². The van der Waals surface area contributed by atoms with Crippen LogP contribution in [0.15, 0.2) is 36.4 Å². The lowest BCUT2D eigenvalue weighted by molar-refractivity contribution is 0.0602. The van der Waals surface area contributed by atoms with Gasteiger partial charge in [0.25, 0.3) is 5.91 Å². The van der Waals surface area contributed by atoms with Crippen LogP contribution in [0.2, 0.25) is 0 Å². The number of carbonyl (C=O) groups is 2. The van der Waals surface area contributed by atoms with E-state index in [-0.39, 0.29) is 17.5 Å². The largest absolute Gasteiger partial charge is 0.478 e. The monoisotopic (exact) mass is 338 g/mol. The number of carboxylic acids is 1. The molecule has 0 spiro atoms. The molecule has 1 N–H and O–H groups in total. The third kappa shape index (κ3) is 3.55. The van der Waals surface area contributed by atoms with Crippen molar-refractivity contribution in [3.05, 3.63) is 64.5 Å². The molecule has 0 bridgehead atoms. The van der Waals surface area contributed by atoms with Gasteiger partial charge in [-0.25, -0.2) is 9.78 Å². The summed E-state index contributed by atoms with van der Waals surface area (Å²) < 4.78 is 0. The van der Waals surface area contributed by atoms with Crippen LogP contribution >= 0.6 is 0 Å². The highest BCUT2D eigenvalue weighted by molar-refractivity contribution is 5.94. The zero-order chi connectivity index (χ0) is 18.0. The maximum Gasteiger partial charge on any atom is 0.337 e. The minimum Gasteiger partial charge on any atom is -0.478 e. The maximum atomic E-state index is 13.0. The van der Waals surface area contributed by atoms with Crippen molar-refractivity contribution >= 4 is 11.9 Å². The first-order chi connectivity index (χ1) is 12.0. The molecule has 1 fully saturated rings. The Morgan fingerprint density at radius 3 is 2.44 bits per heavy atom. The van der Waals surface area contributed by atoms with Crippen LogP contribution in [0.1, 0.15) is 63.0 Å². The quantitative estimate of drug-likeness (QED) is 0.925. The maximum absolute atomic E-state index is 13.0. The number of nitrogens with zero attached hydrogens (tertiary/aromatic N) is 2. The van der Waals surface area contributed by atoms with E-state index in [9.17, 15) is 9.59 Å². The van der Waals surface area contributed by atoms with Crippen LogP contribution < -0.4 is 0 Å². The highest BCUT2D eigenvalue weighted by Gasteiger charge is 2.29. The van der Waals surface area contributed by atoms with Crippen LogP contribution in [0.5, 0.6) is 0 Å². The Kier molecular flexibility index (Phi) is 4.83. The molecule has 0 saturated carbocycles. The number of amides is 1. The summed E-state index contributed by atoms with van der Waals surface area (Å²) in [7, 11) is 0. The second kappa shape index (κ2) is 7.05. The first-order valence-corrected chi connectivity index (χ1v) is 8.56. The average molecular weight is 338 g/mol. The summed E-state index contributed by atoms with van der Waals surface area (Å²) in [6.45, 7) is 4.36. The van der Waals surface area contributed by atoms with Crippen molar-refractivity contribution in [2.45, 2.75) is 39.2 Å². The van der Waals surface area contributed by atoms with Gasteiger partial charge in [0.15, 0.2) is 0 Å². The topological polar surface area (TPSA) is 70.5 Å². The van der Waals surface area contributed by atoms with Gasteiger partial charge in [0.1, 0.15) is 5.69 Å². The van der Waals surface area contributed by atoms with Gasteiger partial charge >= 0.3 is 5.97 Å². The Balaban J connectivity index is 1.89. The van der Waals surface area contributed by atoms with Crippen molar-refractivity contribution in [3.8, 4) is 0 Å². The molecule has 130 valence electrons. The van der Waals surface area contributed by atoms with E-state index >= 15 is 0 Å². The Bertz CT molecular complexity index is 799. The minimum atomic E-state index is -1.03. The molecular formula is C20H22N2O3. The Morgan fingerprint density at radius 1 is 1.08 bits per heavy atom. The molecule has 5 nitrogen and oxygen atoms in total. The number of hydrogen-bond donors (Lipinski definition) is 1. The number of aromatic nitrogens is 1. The number of aryl methyl sites for hydroxylation is 2. The van der Waals surface area contributed by atoms with E-state index in [4.69, 9.17) is 5.11 Å².